The molecule has 0 radical (unpaired) electrons. The molecule has 0 aromatic carbocycles. The minimum atomic E-state index is -0.337. The average molecular weight is 216 g/mol. The van der Waals surface area contributed by atoms with Gasteiger partial charge in [-0.05, 0) is 5.56 Å². The van der Waals surface area contributed by atoms with Gasteiger partial charge in [-0.25, -0.2) is 4.98 Å². The van der Waals surface area contributed by atoms with Crippen LogP contribution in [0.5, 0.6) is 5.88 Å². The first-order chi connectivity index (χ1) is 5.24. The van der Waals surface area contributed by atoms with E-state index in [4.69, 9.17) is 5.11 Å². The van der Waals surface area contributed by atoms with Crippen molar-refractivity contribution in [2.24, 2.45) is 0 Å². The second-order valence-electron chi connectivity index (χ2n) is 1.99. The van der Waals surface area contributed by atoms with Crippen LogP contribution in [0.1, 0.15) is 10.4 Å². The molecule has 0 aliphatic carbocycles. The van der Waals surface area contributed by atoms with Crippen LogP contribution in [0.25, 0.3) is 0 Å². The number of halogens is 1. The van der Waals surface area contributed by atoms with E-state index < -0.39 is 0 Å². The Bertz CT molecular complexity index is 247. The number of nitrogens with zero attached hydrogens (tertiary/aromatic N) is 1. The van der Waals surface area contributed by atoms with E-state index in [1.165, 1.54) is 12.3 Å². The Hall–Kier alpha value is -0.900. The van der Waals surface area contributed by atoms with Crippen LogP contribution >= 0.6 is 15.9 Å². The number of hydrogen-bond donors (Lipinski definition) is 1. The maximum Gasteiger partial charge on any atom is 0.210 e. The molecule has 1 atom stereocenters. The van der Waals surface area contributed by atoms with Crippen LogP contribution in [0.15, 0.2) is 18.3 Å². The summed E-state index contributed by atoms with van der Waals surface area (Å²) in [5, 5.41) is 8.80. The lowest BCUT2D eigenvalue weighted by atomic mass is 10.2. The summed E-state index contributed by atoms with van der Waals surface area (Å²) in [4.78, 5) is 13.5. The lowest BCUT2D eigenvalue weighted by Gasteiger charge is -1.99. The summed E-state index contributed by atoms with van der Waals surface area (Å²) in [7, 11) is 0. The summed E-state index contributed by atoms with van der Waals surface area (Å²) < 4.78 is 0. The predicted octanol–water partition coefficient (Wildman–Crippen LogP) is 1.42. The van der Waals surface area contributed by atoms with Crippen LogP contribution in [-0.4, -0.2) is 16.4 Å². The molecule has 1 aromatic heterocycles. The SMILES string of the molecule is O=CC(Br)c1ccc(O)nc1. The van der Waals surface area contributed by atoms with Gasteiger partial charge in [0.2, 0.25) is 5.88 Å². The van der Waals surface area contributed by atoms with E-state index in [2.05, 4.69) is 20.9 Å². The van der Waals surface area contributed by atoms with Crippen LogP contribution in [0.2, 0.25) is 0 Å². The highest BCUT2D eigenvalue weighted by Crippen LogP contribution is 2.19. The number of carbonyl (C=O) groups excluding carboxylic acids is 1. The standard InChI is InChI=1S/C7H6BrNO2/c8-6(4-10)5-1-2-7(11)9-3-5/h1-4,6H,(H,9,11). The highest BCUT2D eigenvalue weighted by atomic mass is 79.9. The Kier molecular flexibility index (Phi) is 2.59. The van der Waals surface area contributed by atoms with Gasteiger partial charge in [0.25, 0.3) is 0 Å². The lowest BCUT2D eigenvalue weighted by molar-refractivity contribution is -0.107. The predicted molar refractivity (Wildman–Crippen MR) is 43.6 cm³/mol. The largest absolute Gasteiger partial charge is 0.493 e. The highest BCUT2D eigenvalue weighted by molar-refractivity contribution is 9.09. The molecule has 1 N–H and O–H groups in total. The monoisotopic (exact) mass is 215 g/mol. The second kappa shape index (κ2) is 3.48. The van der Waals surface area contributed by atoms with Crippen molar-refractivity contribution in [3.8, 4) is 5.88 Å². The van der Waals surface area contributed by atoms with Crippen molar-refractivity contribution < 1.29 is 9.90 Å². The van der Waals surface area contributed by atoms with Crippen molar-refractivity contribution in [3.05, 3.63) is 23.9 Å². The first-order valence-electron chi connectivity index (χ1n) is 2.98. The molecule has 0 spiro atoms. The fourth-order valence-electron chi connectivity index (χ4n) is 0.639. The minimum absolute atomic E-state index is 0.0423. The maximum absolute atomic E-state index is 10.3. The van der Waals surface area contributed by atoms with E-state index in [0.717, 1.165) is 11.8 Å². The zero-order valence-electron chi connectivity index (χ0n) is 5.57. The molecule has 58 valence electrons. The van der Waals surface area contributed by atoms with E-state index in [0.29, 0.717) is 0 Å². The number of alkyl halides is 1. The van der Waals surface area contributed by atoms with E-state index in [1.807, 2.05) is 0 Å². The van der Waals surface area contributed by atoms with Gasteiger partial charge in [-0.2, -0.15) is 0 Å². The number of rotatable bonds is 2. The molecule has 1 aromatic rings. The number of hydrogen-bond acceptors (Lipinski definition) is 3. The Morgan fingerprint density at radius 2 is 2.36 bits per heavy atom. The van der Waals surface area contributed by atoms with E-state index in [9.17, 15) is 4.79 Å². The molecule has 4 heteroatoms. The minimum Gasteiger partial charge on any atom is -0.493 e. The Balaban J connectivity index is 2.89. The highest BCUT2D eigenvalue weighted by Gasteiger charge is 2.04. The quantitative estimate of drug-likeness (QED) is 0.600. The third-order valence-corrected chi connectivity index (χ3v) is 1.95. The van der Waals surface area contributed by atoms with E-state index in [1.54, 1.807) is 6.07 Å². The van der Waals surface area contributed by atoms with Gasteiger partial charge in [0.15, 0.2) is 0 Å². The van der Waals surface area contributed by atoms with Gasteiger partial charge in [-0.1, -0.05) is 22.0 Å². The number of aromatic hydroxyl groups is 1. The molecule has 1 unspecified atom stereocenters. The Morgan fingerprint density at radius 3 is 2.82 bits per heavy atom. The number of carbonyl (C=O) groups is 1. The summed E-state index contributed by atoms with van der Waals surface area (Å²) in [5.74, 6) is -0.0423. The molecule has 1 heterocycles. The molecular weight excluding hydrogens is 210 g/mol. The summed E-state index contributed by atoms with van der Waals surface area (Å²) in [6.45, 7) is 0. The van der Waals surface area contributed by atoms with Crippen LogP contribution in [0.4, 0.5) is 0 Å². The molecular formula is C7H6BrNO2. The summed E-state index contributed by atoms with van der Waals surface area (Å²) in [6, 6.07) is 3.07. The van der Waals surface area contributed by atoms with Crippen molar-refractivity contribution in [2.45, 2.75) is 4.83 Å². The number of aromatic nitrogens is 1. The summed E-state index contributed by atoms with van der Waals surface area (Å²) in [6.07, 6.45) is 2.21. The van der Waals surface area contributed by atoms with Gasteiger partial charge < -0.3 is 9.90 Å². The van der Waals surface area contributed by atoms with E-state index in [-0.39, 0.29) is 10.7 Å². The average Bonchev–Trinajstić information content (AvgIpc) is 2.05. The fraction of sp³-hybridized carbons (Fsp3) is 0.143. The third kappa shape index (κ3) is 2.01. The first-order valence-corrected chi connectivity index (χ1v) is 3.90. The summed E-state index contributed by atoms with van der Waals surface area (Å²) in [5.41, 5.74) is 0.734. The van der Waals surface area contributed by atoms with Gasteiger partial charge in [0, 0.05) is 12.3 Å². The molecule has 11 heavy (non-hydrogen) atoms. The van der Waals surface area contributed by atoms with Crippen LogP contribution < -0.4 is 0 Å². The van der Waals surface area contributed by atoms with Crippen molar-refractivity contribution in [1.29, 1.82) is 0 Å². The van der Waals surface area contributed by atoms with Gasteiger partial charge in [-0.15, -0.1) is 0 Å². The molecule has 0 amide bonds. The number of aldehydes is 1. The van der Waals surface area contributed by atoms with Gasteiger partial charge >= 0.3 is 0 Å². The molecule has 1 rings (SSSR count). The molecule has 0 fully saturated rings. The Labute approximate surface area is 72.2 Å². The Morgan fingerprint density at radius 1 is 1.64 bits per heavy atom. The normalized spacial score (nSPS) is 12.5. The van der Waals surface area contributed by atoms with Crippen LogP contribution in [0.3, 0.4) is 0 Å². The molecule has 0 aliphatic heterocycles. The van der Waals surface area contributed by atoms with Gasteiger partial charge in [-0.3, -0.25) is 0 Å². The van der Waals surface area contributed by atoms with E-state index >= 15 is 0 Å². The summed E-state index contributed by atoms with van der Waals surface area (Å²) >= 11 is 3.12. The molecule has 0 saturated heterocycles. The van der Waals surface area contributed by atoms with Crippen molar-refractivity contribution >= 4 is 22.2 Å². The molecule has 0 bridgehead atoms. The zero-order valence-corrected chi connectivity index (χ0v) is 7.15. The number of pyridine rings is 1. The molecule has 0 aliphatic rings. The molecule has 0 saturated carbocycles. The lowest BCUT2D eigenvalue weighted by Crippen LogP contribution is -1.90. The smallest absolute Gasteiger partial charge is 0.210 e. The molecule has 3 nitrogen and oxygen atoms in total. The van der Waals surface area contributed by atoms with Gasteiger partial charge in [0.1, 0.15) is 6.29 Å². The van der Waals surface area contributed by atoms with Crippen molar-refractivity contribution in [3.63, 3.8) is 0 Å². The third-order valence-electron chi connectivity index (χ3n) is 1.21. The van der Waals surface area contributed by atoms with Crippen LogP contribution in [0, 0.1) is 0 Å². The van der Waals surface area contributed by atoms with Crippen LogP contribution in [-0.2, 0) is 4.79 Å². The topological polar surface area (TPSA) is 50.2 Å². The van der Waals surface area contributed by atoms with Crippen molar-refractivity contribution in [1.82, 2.24) is 4.98 Å². The zero-order chi connectivity index (χ0) is 8.27. The van der Waals surface area contributed by atoms with Crippen molar-refractivity contribution in [2.75, 3.05) is 0 Å². The van der Waals surface area contributed by atoms with Gasteiger partial charge in [0.05, 0.1) is 4.83 Å². The fourth-order valence-corrected chi connectivity index (χ4v) is 0.910. The first kappa shape index (κ1) is 8.20. The second-order valence-corrected chi connectivity index (χ2v) is 2.97. The maximum atomic E-state index is 10.3.